The van der Waals surface area contributed by atoms with Gasteiger partial charge >= 0.3 is 0 Å². The van der Waals surface area contributed by atoms with E-state index in [1.54, 1.807) is 0 Å². The number of nitrogens with one attached hydrogen (secondary N) is 1. The second kappa shape index (κ2) is 10.5. The van der Waals surface area contributed by atoms with E-state index in [4.69, 9.17) is 9.84 Å². The van der Waals surface area contributed by atoms with Gasteiger partial charge in [0.05, 0.1) is 6.61 Å². The number of nitrogens with zero attached hydrogens (tertiary/aromatic N) is 2. The van der Waals surface area contributed by atoms with Crippen molar-refractivity contribution in [1.29, 1.82) is 5.26 Å². The smallest absolute Gasteiger partial charge is 0.262 e. The van der Waals surface area contributed by atoms with Gasteiger partial charge < -0.3 is 35.4 Å². The highest BCUT2D eigenvalue weighted by Crippen LogP contribution is 2.26. The molecule has 0 bridgehead atoms. The molecule has 1 amide bonds. The predicted octanol–water partition coefficient (Wildman–Crippen LogP) is 0.653. The Balaban J connectivity index is 1.50. The second-order valence-corrected chi connectivity index (χ2v) is 8.74. The van der Waals surface area contributed by atoms with Gasteiger partial charge in [0.15, 0.2) is 6.29 Å². The normalized spacial score (nSPS) is 27.9. The third-order valence-corrected chi connectivity index (χ3v) is 6.44. The van der Waals surface area contributed by atoms with Crippen molar-refractivity contribution in [3.05, 3.63) is 47.5 Å². The van der Waals surface area contributed by atoms with Crippen LogP contribution in [0, 0.1) is 11.3 Å². The zero-order valence-electron chi connectivity index (χ0n) is 18.7. The summed E-state index contributed by atoms with van der Waals surface area (Å²) < 4.78 is 5.04. The lowest BCUT2D eigenvalue weighted by atomic mass is 9.96. The first-order valence-corrected chi connectivity index (χ1v) is 11.4. The molecule has 2 fully saturated rings. The van der Waals surface area contributed by atoms with Crippen LogP contribution in [-0.4, -0.2) is 76.7 Å². The van der Waals surface area contributed by atoms with Crippen LogP contribution in [0.2, 0.25) is 0 Å². The molecule has 5 atom stereocenters. The summed E-state index contributed by atoms with van der Waals surface area (Å²) >= 11 is 0. The molecule has 9 heteroatoms. The number of ether oxygens (including phenoxy) is 1. The average Bonchev–Trinajstić information content (AvgIpc) is 2.87. The molecule has 2 aliphatic heterocycles. The first-order valence-electron chi connectivity index (χ1n) is 11.4. The molecule has 0 spiro atoms. The highest BCUT2D eigenvalue weighted by Gasteiger charge is 2.44. The zero-order valence-corrected chi connectivity index (χ0v) is 18.7. The third kappa shape index (κ3) is 5.06. The van der Waals surface area contributed by atoms with E-state index in [-0.39, 0.29) is 5.57 Å². The third-order valence-electron chi connectivity index (χ3n) is 6.44. The van der Waals surface area contributed by atoms with Crippen LogP contribution in [0.5, 0.6) is 0 Å². The number of aliphatic hydroxyl groups is 4. The summed E-state index contributed by atoms with van der Waals surface area (Å²) in [5, 5.41) is 53.3. The Kier molecular flexibility index (Phi) is 7.46. The summed E-state index contributed by atoms with van der Waals surface area (Å²) in [5.74, 6) is -0.829. The maximum atomic E-state index is 12.7. The monoisotopic (exact) mass is 467 g/mol. The van der Waals surface area contributed by atoms with Gasteiger partial charge in [-0.1, -0.05) is 18.2 Å². The van der Waals surface area contributed by atoms with E-state index in [0.29, 0.717) is 5.56 Å². The summed E-state index contributed by atoms with van der Waals surface area (Å²) in [6.07, 6.45) is -0.854. The van der Waals surface area contributed by atoms with Gasteiger partial charge in [0.25, 0.3) is 5.91 Å². The standard InChI is InChI=1S/C25H29N3O6/c26-13-18(24(32)27-21-23(31)22(30)20(14-29)34-25(21)33)11-15-4-5-17-12-19(7-6-16(17)10-15)28-8-2-1-3-9-28/h4-7,10-12,20-23,25,29-31,33H,1-3,8-9,14H2,(H,27,32)/t20-,21-,22-,23-,25?/m1/s1. The number of hydrogen-bond donors (Lipinski definition) is 5. The number of benzene rings is 2. The molecule has 0 radical (unpaired) electrons. The van der Waals surface area contributed by atoms with Gasteiger partial charge in [-0.2, -0.15) is 5.26 Å². The van der Waals surface area contributed by atoms with Gasteiger partial charge in [-0.25, -0.2) is 0 Å². The van der Waals surface area contributed by atoms with E-state index < -0.39 is 43.2 Å². The van der Waals surface area contributed by atoms with Gasteiger partial charge in [-0.05, 0) is 59.9 Å². The number of amides is 1. The summed E-state index contributed by atoms with van der Waals surface area (Å²) in [7, 11) is 0. The van der Waals surface area contributed by atoms with Crippen LogP contribution in [0.3, 0.4) is 0 Å². The quantitative estimate of drug-likeness (QED) is 0.318. The number of anilines is 1. The fourth-order valence-corrected chi connectivity index (χ4v) is 4.49. The maximum absolute atomic E-state index is 12.7. The van der Waals surface area contributed by atoms with Crippen molar-refractivity contribution in [2.75, 3.05) is 24.6 Å². The Morgan fingerprint density at radius 1 is 1.09 bits per heavy atom. The minimum Gasteiger partial charge on any atom is -0.394 e. The molecule has 1 unspecified atom stereocenters. The van der Waals surface area contributed by atoms with Crippen LogP contribution in [0.4, 0.5) is 5.69 Å². The molecule has 4 rings (SSSR count). The molecule has 34 heavy (non-hydrogen) atoms. The van der Waals surface area contributed by atoms with Crippen molar-refractivity contribution in [1.82, 2.24) is 5.32 Å². The van der Waals surface area contributed by atoms with Crippen LogP contribution in [-0.2, 0) is 9.53 Å². The average molecular weight is 468 g/mol. The van der Waals surface area contributed by atoms with Gasteiger partial charge in [0.2, 0.25) is 0 Å². The zero-order chi connectivity index (χ0) is 24.2. The highest BCUT2D eigenvalue weighted by atomic mass is 16.6. The summed E-state index contributed by atoms with van der Waals surface area (Å²) in [6.45, 7) is 1.50. The molecule has 0 saturated carbocycles. The molecule has 0 aromatic heterocycles. The Morgan fingerprint density at radius 3 is 2.50 bits per heavy atom. The topological polar surface area (TPSA) is 146 Å². The lowest BCUT2D eigenvalue weighted by molar-refractivity contribution is -0.253. The number of piperidine rings is 1. The molecule has 2 saturated heterocycles. The summed E-state index contributed by atoms with van der Waals surface area (Å²) in [5.41, 5.74) is 1.60. The van der Waals surface area contributed by atoms with Gasteiger partial charge in [0.1, 0.15) is 36.0 Å². The fourth-order valence-electron chi connectivity index (χ4n) is 4.49. The number of rotatable bonds is 5. The molecular formula is C25H29N3O6. The lowest BCUT2D eigenvalue weighted by Gasteiger charge is -2.40. The van der Waals surface area contributed by atoms with E-state index in [0.717, 1.165) is 23.9 Å². The molecule has 180 valence electrons. The lowest BCUT2D eigenvalue weighted by Crippen LogP contribution is -2.64. The molecule has 9 nitrogen and oxygen atoms in total. The Morgan fingerprint density at radius 2 is 1.79 bits per heavy atom. The van der Waals surface area contributed by atoms with Crippen molar-refractivity contribution >= 4 is 28.4 Å². The Bertz CT molecular complexity index is 1110. The molecular weight excluding hydrogens is 438 g/mol. The van der Waals surface area contributed by atoms with E-state index in [1.807, 2.05) is 30.3 Å². The fraction of sp³-hybridized carbons (Fsp3) is 0.440. The SMILES string of the molecule is N#CC(=Cc1ccc2cc(N3CCCCC3)ccc2c1)C(=O)N[C@H]1C(O)O[C@H](CO)[C@@H](O)[C@@H]1O. The van der Waals surface area contributed by atoms with E-state index in [9.17, 15) is 25.4 Å². The van der Waals surface area contributed by atoms with E-state index in [1.165, 1.54) is 31.0 Å². The van der Waals surface area contributed by atoms with Crippen molar-refractivity contribution in [2.45, 2.75) is 49.9 Å². The first-order chi connectivity index (χ1) is 16.4. The number of hydrogen-bond acceptors (Lipinski definition) is 8. The Labute approximate surface area is 197 Å². The molecule has 2 aromatic rings. The molecule has 2 aromatic carbocycles. The Hall–Kier alpha value is -3.00. The van der Waals surface area contributed by atoms with E-state index in [2.05, 4.69) is 22.3 Å². The molecule has 0 aliphatic carbocycles. The van der Waals surface area contributed by atoms with Gasteiger partial charge in [0, 0.05) is 18.8 Å². The largest absolute Gasteiger partial charge is 0.394 e. The predicted molar refractivity (Wildman–Crippen MR) is 126 cm³/mol. The van der Waals surface area contributed by atoms with Crippen molar-refractivity contribution in [3.8, 4) is 6.07 Å². The molecule has 2 aliphatic rings. The van der Waals surface area contributed by atoms with Crippen molar-refractivity contribution < 1.29 is 30.0 Å². The number of fused-ring (bicyclic) bond motifs is 1. The van der Waals surface area contributed by atoms with Gasteiger partial charge in [-0.3, -0.25) is 4.79 Å². The first kappa shape index (κ1) is 24.1. The van der Waals surface area contributed by atoms with Crippen LogP contribution in [0.15, 0.2) is 42.0 Å². The molecule has 2 heterocycles. The number of carbonyl (C=O) groups is 1. The minimum absolute atomic E-state index is 0.234. The number of aliphatic hydroxyl groups excluding tert-OH is 4. The number of carbonyl (C=O) groups excluding carboxylic acids is 1. The molecule has 5 N–H and O–H groups in total. The van der Waals surface area contributed by atoms with Crippen LogP contribution in [0.25, 0.3) is 16.8 Å². The summed E-state index contributed by atoms with van der Waals surface area (Å²) in [4.78, 5) is 15.0. The summed E-state index contributed by atoms with van der Waals surface area (Å²) in [6, 6.07) is 12.3. The van der Waals surface area contributed by atoms with Crippen LogP contribution >= 0.6 is 0 Å². The minimum atomic E-state index is -1.66. The maximum Gasteiger partial charge on any atom is 0.262 e. The highest BCUT2D eigenvalue weighted by molar-refractivity contribution is 6.02. The van der Waals surface area contributed by atoms with Crippen molar-refractivity contribution in [2.24, 2.45) is 0 Å². The van der Waals surface area contributed by atoms with Crippen LogP contribution < -0.4 is 10.2 Å². The van der Waals surface area contributed by atoms with E-state index >= 15 is 0 Å². The van der Waals surface area contributed by atoms with Crippen molar-refractivity contribution in [3.63, 3.8) is 0 Å². The van der Waals surface area contributed by atoms with Crippen LogP contribution in [0.1, 0.15) is 24.8 Å². The second-order valence-electron chi connectivity index (χ2n) is 8.74. The van der Waals surface area contributed by atoms with Gasteiger partial charge in [-0.15, -0.1) is 0 Å². The number of nitriles is 1.